The summed E-state index contributed by atoms with van der Waals surface area (Å²) in [5, 5.41) is 11.0. The summed E-state index contributed by atoms with van der Waals surface area (Å²) in [6.45, 7) is 2.54. The minimum absolute atomic E-state index is 0.0464. The Morgan fingerprint density at radius 1 is 1.52 bits per heavy atom. The van der Waals surface area contributed by atoms with Crippen molar-refractivity contribution in [1.29, 1.82) is 0 Å². The molecule has 0 aliphatic rings. The molecular formula is C14H11BrN2O3S. The first-order valence-electron chi connectivity index (χ1n) is 6.22. The van der Waals surface area contributed by atoms with Gasteiger partial charge in [-0.25, -0.2) is 9.78 Å². The molecule has 5 nitrogen and oxygen atoms in total. The van der Waals surface area contributed by atoms with Gasteiger partial charge in [-0.3, -0.25) is 4.40 Å². The molecule has 1 N–H and O–H groups in total. The number of nitrogens with zero attached hydrogens (tertiary/aromatic N) is 2. The lowest BCUT2D eigenvalue weighted by Crippen LogP contribution is -1.95. The third kappa shape index (κ3) is 2.54. The van der Waals surface area contributed by atoms with Crippen LogP contribution in [0.4, 0.5) is 0 Å². The smallest absolute Gasteiger partial charge is 0.356 e. The summed E-state index contributed by atoms with van der Waals surface area (Å²) in [6, 6.07) is 5.73. The van der Waals surface area contributed by atoms with E-state index in [1.165, 1.54) is 17.5 Å². The maximum Gasteiger partial charge on any atom is 0.356 e. The number of carbonyl (C=O) groups is 1. The quantitative estimate of drug-likeness (QED) is 0.759. The zero-order valence-electron chi connectivity index (χ0n) is 11.0. The summed E-state index contributed by atoms with van der Waals surface area (Å²) in [5.41, 5.74) is 1.90. The second-order valence-corrected chi connectivity index (χ2v) is 5.97. The lowest BCUT2D eigenvalue weighted by atomic mass is 10.1. The van der Waals surface area contributed by atoms with E-state index >= 15 is 0 Å². The molecule has 2 aromatic heterocycles. The van der Waals surface area contributed by atoms with Crippen molar-refractivity contribution in [2.45, 2.75) is 6.92 Å². The molecule has 0 unspecified atom stereocenters. The van der Waals surface area contributed by atoms with E-state index < -0.39 is 5.97 Å². The molecule has 0 atom stereocenters. The Kier molecular flexibility index (Phi) is 3.69. The molecule has 0 bridgehead atoms. The van der Waals surface area contributed by atoms with Crippen molar-refractivity contribution in [2.24, 2.45) is 0 Å². The highest BCUT2D eigenvalue weighted by atomic mass is 79.9. The van der Waals surface area contributed by atoms with Crippen LogP contribution in [0, 0.1) is 0 Å². The average molecular weight is 367 g/mol. The normalized spacial score (nSPS) is 11.0. The number of carboxylic acids is 1. The number of thiazole rings is 1. The second kappa shape index (κ2) is 5.50. The van der Waals surface area contributed by atoms with Crippen LogP contribution >= 0.6 is 27.3 Å². The van der Waals surface area contributed by atoms with Gasteiger partial charge in [0.25, 0.3) is 0 Å². The fourth-order valence-corrected chi connectivity index (χ4v) is 3.47. The molecule has 108 valence electrons. The third-order valence-electron chi connectivity index (χ3n) is 2.96. The highest BCUT2D eigenvalue weighted by Gasteiger charge is 2.15. The van der Waals surface area contributed by atoms with E-state index in [1.54, 1.807) is 4.40 Å². The number of fused-ring (bicyclic) bond motifs is 1. The van der Waals surface area contributed by atoms with Crippen molar-refractivity contribution in [3.05, 3.63) is 39.9 Å². The van der Waals surface area contributed by atoms with Gasteiger partial charge in [0, 0.05) is 21.6 Å². The molecule has 0 saturated heterocycles. The minimum Gasteiger partial charge on any atom is -0.494 e. The molecule has 3 rings (SSSR count). The Labute approximate surface area is 132 Å². The Bertz CT molecular complexity index is 825. The van der Waals surface area contributed by atoms with Crippen LogP contribution in [0.5, 0.6) is 5.75 Å². The molecule has 21 heavy (non-hydrogen) atoms. The van der Waals surface area contributed by atoms with E-state index in [1.807, 2.05) is 30.5 Å². The molecule has 0 saturated carbocycles. The monoisotopic (exact) mass is 366 g/mol. The highest BCUT2D eigenvalue weighted by molar-refractivity contribution is 9.10. The fraction of sp³-hybridized carbons (Fsp3) is 0.143. The van der Waals surface area contributed by atoms with Crippen molar-refractivity contribution in [3.63, 3.8) is 0 Å². The summed E-state index contributed by atoms with van der Waals surface area (Å²) < 4.78 is 8.13. The van der Waals surface area contributed by atoms with Gasteiger partial charge in [0.15, 0.2) is 10.7 Å². The van der Waals surface area contributed by atoms with Gasteiger partial charge in [-0.1, -0.05) is 0 Å². The van der Waals surface area contributed by atoms with E-state index in [0.717, 1.165) is 21.5 Å². The molecule has 0 radical (unpaired) electrons. The first-order chi connectivity index (χ1) is 10.1. The molecule has 0 aliphatic carbocycles. The standard InChI is InChI=1S/C14H11BrN2O3S/c1-2-20-8-3-4-9(10(15)5-8)12-7-21-14-16-11(13(18)19)6-17(12)14/h3-7H,2H2,1H3,(H,18,19). The van der Waals surface area contributed by atoms with Gasteiger partial charge in [0.05, 0.1) is 12.3 Å². The van der Waals surface area contributed by atoms with E-state index in [9.17, 15) is 4.79 Å². The third-order valence-corrected chi connectivity index (χ3v) is 4.45. The van der Waals surface area contributed by atoms with Crippen LogP contribution in [0.1, 0.15) is 17.4 Å². The number of aromatic carboxylic acids is 1. The van der Waals surface area contributed by atoms with Crippen LogP contribution < -0.4 is 4.74 Å². The number of imidazole rings is 1. The summed E-state index contributed by atoms with van der Waals surface area (Å²) >= 11 is 4.94. The Hall–Kier alpha value is -1.86. The number of carboxylic acid groups (broad SMARTS) is 1. The second-order valence-electron chi connectivity index (χ2n) is 4.28. The molecule has 7 heteroatoms. The van der Waals surface area contributed by atoms with Crippen LogP contribution in [0.25, 0.3) is 16.2 Å². The maximum atomic E-state index is 11.0. The summed E-state index contributed by atoms with van der Waals surface area (Å²) in [5.74, 6) is -0.237. The van der Waals surface area contributed by atoms with Gasteiger partial charge in [-0.2, -0.15) is 0 Å². The Balaban J connectivity index is 2.09. The molecular weight excluding hydrogens is 356 g/mol. The number of rotatable bonds is 4. The fourth-order valence-electron chi connectivity index (χ4n) is 2.04. The highest BCUT2D eigenvalue weighted by Crippen LogP contribution is 2.34. The zero-order chi connectivity index (χ0) is 15.0. The van der Waals surface area contributed by atoms with Crippen molar-refractivity contribution < 1.29 is 14.6 Å². The van der Waals surface area contributed by atoms with E-state index in [2.05, 4.69) is 20.9 Å². The summed E-state index contributed by atoms with van der Waals surface area (Å²) in [7, 11) is 0. The van der Waals surface area contributed by atoms with Crippen LogP contribution in [0.15, 0.2) is 34.2 Å². The molecule has 3 aromatic rings. The number of aromatic nitrogens is 2. The van der Waals surface area contributed by atoms with Crippen LogP contribution in [0.2, 0.25) is 0 Å². The molecule has 1 aromatic carbocycles. The minimum atomic E-state index is -1.03. The van der Waals surface area contributed by atoms with Crippen molar-refractivity contribution in [3.8, 4) is 17.0 Å². The van der Waals surface area contributed by atoms with Crippen LogP contribution in [-0.4, -0.2) is 27.1 Å². The van der Waals surface area contributed by atoms with Gasteiger partial charge in [-0.05, 0) is 41.1 Å². The van der Waals surface area contributed by atoms with Gasteiger partial charge >= 0.3 is 5.97 Å². The van der Waals surface area contributed by atoms with Gasteiger partial charge in [-0.15, -0.1) is 11.3 Å². The number of hydrogen-bond donors (Lipinski definition) is 1. The lowest BCUT2D eigenvalue weighted by Gasteiger charge is -2.07. The van der Waals surface area contributed by atoms with Crippen molar-refractivity contribution in [1.82, 2.24) is 9.38 Å². The average Bonchev–Trinajstić information content (AvgIpc) is 3.00. The van der Waals surface area contributed by atoms with Crippen molar-refractivity contribution >= 4 is 38.2 Å². The van der Waals surface area contributed by atoms with Gasteiger partial charge in [0.1, 0.15) is 5.75 Å². The number of hydrogen-bond acceptors (Lipinski definition) is 4. The van der Waals surface area contributed by atoms with Crippen LogP contribution in [-0.2, 0) is 0 Å². The molecule has 2 heterocycles. The van der Waals surface area contributed by atoms with Crippen molar-refractivity contribution in [2.75, 3.05) is 6.61 Å². The summed E-state index contributed by atoms with van der Waals surface area (Å²) in [4.78, 5) is 15.7. The topological polar surface area (TPSA) is 63.8 Å². The first kappa shape index (κ1) is 14.1. The first-order valence-corrected chi connectivity index (χ1v) is 7.90. The number of benzene rings is 1. The van der Waals surface area contributed by atoms with E-state index in [0.29, 0.717) is 11.6 Å². The van der Waals surface area contributed by atoms with E-state index in [-0.39, 0.29) is 5.69 Å². The predicted octanol–water partition coefficient (Wildman–Crippen LogP) is 3.92. The largest absolute Gasteiger partial charge is 0.494 e. The zero-order valence-corrected chi connectivity index (χ0v) is 13.4. The number of halogens is 1. The maximum absolute atomic E-state index is 11.0. The predicted molar refractivity (Wildman–Crippen MR) is 84.3 cm³/mol. The lowest BCUT2D eigenvalue weighted by molar-refractivity contribution is 0.0691. The number of ether oxygens (including phenoxy) is 1. The molecule has 0 aliphatic heterocycles. The molecule has 0 spiro atoms. The summed E-state index contributed by atoms with van der Waals surface area (Å²) in [6.07, 6.45) is 1.53. The molecule has 0 fully saturated rings. The molecule has 0 amide bonds. The van der Waals surface area contributed by atoms with Crippen LogP contribution in [0.3, 0.4) is 0 Å². The SMILES string of the molecule is CCOc1ccc(-c2csc3nc(C(=O)O)cn23)c(Br)c1. The van der Waals surface area contributed by atoms with Gasteiger partial charge in [0.2, 0.25) is 0 Å². The van der Waals surface area contributed by atoms with Gasteiger partial charge < -0.3 is 9.84 Å². The van der Waals surface area contributed by atoms with E-state index in [4.69, 9.17) is 9.84 Å². The Morgan fingerprint density at radius 2 is 2.33 bits per heavy atom. The Morgan fingerprint density at radius 3 is 3.00 bits per heavy atom.